The molecule has 0 aromatic heterocycles. The van der Waals surface area contributed by atoms with E-state index in [0.717, 1.165) is 19.3 Å². The number of amides is 2. The molecule has 3 rings (SSSR count). The number of rotatable bonds is 15. The Morgan fingerprint density at radius 3 is 2.16 bits per heavy atom. The Labute approximate surface area is 230 Å². The third kappa shape index (κ3) is 7.87. The van der Waals surface area contributed by atoms with Gasteiger partial charge in [-0.3, -0.25) is 14.5 Å². The van der Waals surface area contributed by atoms with Gasteiger partial charge in [0.25, 0.3) is 5.91 Å². The first kappa shape index (κ1) is 29.3. The SMILES string of the molecule is CCCCCCCCCCCCN(C(=O)Cl)c1cccc2c(O)c(C(=O)Nc3ccccc3OC)ccc12. The van der Waals surface area contributed by atoms with Crippen molar-refractivity contribution in [2.45, 2.75) is 71.1 Å². The molecule has 3 aromatic carbocycles. The van der Waals surface area contributed by atoms with Crippen molar-refractivity contribution in [3.8, 4) is 11.5 Å². The smallest absolute Gasteiger partial charge is 0.320 e. The van der Waals surface area contributed by atoms with Crippen LogP contribution >= 0.6 is 11.6 Å². The van der Waals surface area contributed by atoms with Crippen molar-refractivity contribution in [3.05, 3.63) is 60.2 Å². The number of methoxy groups -OCH3 is 1. The second-order valence-corrected chi connectivity index (χ2v) is 9.90. The van der Waals surface area contributed by atoms with Gasteiger partial charge in [0.1, 0.15) is 11.5 Å². The van der Waals surface area contributed by atoms with Crippen LogP contribution in [0.1, 0.15) is 81.5 Å². The molecule has 6 nitrogen and oxygen atoms in total. The van der Waals surface area contributed by atoms with Crippen molar-refractivity contribution in [2.75, 3.05) is 23.9 Å². The van der Waals surface area contributed by atoms with Crippen LogP contribution in [-0.2, 0) is 0 Å². The van der Waals surface area contributed by atoms with Crippen LogP contribution in [0.4, 0.5) is 16.2 Å². The van der Waals surface area contributed by atoms with Crippen molar-refractivity contribution >= 4 is 45.0 Å². The van der Waals surface area contributed by atoms with Gasteiger partial charge in [-0.2, -0.15) is 0 Å². The molecule has 0 spiro atoms. The lowest BCUT2D eigenvalue weighted by molar-refractivity contribution is 0.102. The van der Waals surface area contributed by atoms with E-state index < -0.39 is 11.3 Å². The minimum Gasteiger partial charge on any atom is -0.506 e. The Bertz CT molecular complexity index is 1210. The molecule has 0 fully saturated rings. The number of nitrogens with zero attached hydrogens (tertiary/aromatic N) is 1. The second kappa shape index (κ2) is 15.2. The van der Waals surface area contributed by atoms with Gasteiger partial charge < -0.3 is 15.2 Å². The summed E-state index contributed by atoms with van der Waals surface area (Å²) in [5.41, 5.74) is 1.24. The van der Waals surface area contributed by atoms with Crippen LogP contribution in [-0.4, -0.2) is 30.0 Å². The molecule has 0 unspecified atom stereocenters. The van der Waals surface area contributed by atoms with Crippen molar-refractivity contribution < 1.29 is 19.4 Å². The number of para-hydroxylation sites is 2. The van der Waals surface area contributed by atoms with Crippen molar-refractivity contribution in [1.82, 2.24) is 0 Å². The molecule has 0 radical (unpaired) electrons. The summed E-state index contributed by atoms with van der Waals surface area (Å²) in [6.07, 6.45) is 12.0. The number of ether oxygens (including phenoxy) is 1. The van der Waals surface area contributed by atoms with E-state index in [-0.39, 0.29) is 11.3 Å². The molecule has 0 aliphatic rings. The Balaban J connectivity index is 1.67. The van der Waals surface area contributed by atoms with Crippen molar-refractivity contribution in [1.29, 1.82) is 0 Å². The monoisotopic (exact) mass is 538 g/mol. The van der Waals surface area contributed by atoms with Crippen molar-refractivity contribution in [2.24, 2.45) is 0 Å². The molecule has 0 aliphatic heterocycles. The molecule has 0 atom stereocenters. The Kier molecular flexibility index (Phi) is 11.7. The summed E-state index contributed by atoms with van der Waals surface area (Å²) < 4.78 is 5.30. The van der Waals surface area contributed by atoms with Gasteiger partial charge in [0.15, 0.2) is 0 Å². The average molecular weight is 539 g/mol. The highest BCUT2D eigenvalue weighted by molar-refractivity contribution is 6.66. The van der Waals surface area contributed by atoms with Gasteiger partial charge in [0.2, 0.25) is 0 Å². The number of hydrogen-bond donors (Lipinski definition) is 2. The zero-order valence-corrected chi connectivity index (χ0v) is 23.2. The number of benzene rings is 3. The zero-order chi connectivity index (χ0) is 27.3. The minimum atomic E-state index is -0.564. The molecule has 38 heavy (non-hydrogen) atoms. The van der Waals surface area contributed by atoms with Crippen LogP contribution in [0.2, 0.25) is 0 Å². The van der Waals surface area contributed by atoms with Crippen LogP contribution in [0.25, 0.3) is 10.8 Å². The van der Waals surface area contributed by atoms with Gasteiger partial charge in [-0.05, 0) is 42.3 Å². The number of anilines is 2. The molecule has 0 aliphatic carbocycles. The van der Waals surface area contributed by atoms with Crippen LogP contribution in [0, 0.1) is 0 Å². The Hall–Kier alpha value is -3.25. The summed E-state index contributed by atoms with van der Waals surface area (Å²) in [5.74, 6) is -0.0979. The van der Waals surface area contributed by atoms with Crippen LogP contribution in [0.15, 0.2) is 54.6 Å². The molecule has 0 heterocycles. The van der Waals surface area contributed by atoms with E-state index >= 15 is 0 Å². The van der Waals surface area contributed by atoms with E-state index in [4.69, 9.17) is 16.3 Å². The van der Waals surface area contributed by atoms with Gasteiger partial charge >= 0.3 is 5.37 Å². The number of carbonyl (C=O) groups excluding carboxylic acids is 2. The fourth-order valence-electron chi connectivity index (χ4n) is 4.74. The van der Waals surface area contributed by atoms with Gasteiger partial charge in [0, 0.05) is 17.3 Å². The summed E-state index contributed by atoms with van der Waals surface area (Å²) in [6, 6.07) is 15.7. The summed E-state index contributed by atoms with van der Waals surface area (Å²) in [4.78, 5) is 26.9. The zero-order valence-electron chi connectivity index (χ0n) is 22.5. The number of phenols is 1. The van der Waals surface area contributed by atoms with Gasteiger partial charge in [0.05, 0.1) is 24.0 Å². The summed E-state index contributed by atoms with van der Waals surface area (Å²) >= 11 is 5.99. The highest BCUT2D eigenvalue weighted by Crippen LogP contribution is 2.36. The minimum absolute atomic E-state index is 0.124. The normalized spacial score (nSPS) is 10.9. The third-order valence-electron chi connectivity index (χ3n) is 6.85. The summed E-state index contributed by atoms with van der Waals surface area (Å²) in [6.45, 7) is 2.73. The third-order valence-corrected chi connectivity index (χ3v) is 7.05. The van der Waals surface area contributed by atoms with E-state index in [0.29, 0.717) is 34.4 Å². The Morgan fingerprint density at radius 1 is 0.842 bits per heavy atom. The maximum atomic E-state index is 13.0. The molecule has 2 amide bonds. The molecule has 3 aromatic rings. The maximum Gasteiger partial charge on any atom is 0.320 e. The molecule has 7 heteroatoms. The lowest BCUT2D eigenvalue weighted by Gasteiger charge is -2.22. The van der Waals surface area contributed by atoms with E-state index in [2.05, 4.69) is 12.2 Å². The predicted octanol–water partition coefficient (Wildman–Crippen LogP) is 8.89. The van der Waals surface area contributed by atoms with Crippen molar-refractivity contribution in [3.63, 3.8) is 0 Å². The number of carbonyl (C=O) groups is 2. The topological polar surface area (TPSA) is 78.9 Å². The van der Waals surface area contributed by atoms with Crippen LogP contribution in [0.3, 0.4) is 0 Å². The number of hydrogen-bond acceptors (Lipinski definition) is 4. The second-order valence-electron chi connectivity index (χ2n) is 9.57. The number of halogens is 1. The van der Waals surface area contributed by atoms with Gasteiger partial charge in [-0.25, -0.2) is 0 Å². The predicted molar refractivity (Wildman–Crippen MR) is 157 cm³/mol. The quantitative estimate of drug-likeness (QED) is 0.115. The van der Waals surface area contributed by atoms with E-state index in [1.54, 1.807) is 47.4 Å². The van der Waals surface area contributed by atoms with E-state index in [1.807, 2.05) is 12.1 Å². The highest BCUT2D eigenvalue weighted by atomic mass is 35.5. The van der Waals surface area contributed by atoms with Gasteiger partial charge in [-0.15, -0.1) is 0 Å². The number of fused-ring (bicyclic) bond motifs is 1. The number of aromatic hydroxyl groups is 1. The van der Waals surface area contributed by atoms with E-state index in [9.17, 15) is 14.7 Å². The fraction of sp³-hybridized carbons (Fsp3) is 0.419. The lowest BCUT2D eigenvalue weighted by atomic mass is 10.0. The van der Waals surface area contributed by atoms with Crippen LogP contribution in [0.5, 0.6) is 11.5 Å². The fourth-order valence-corrected chi connectivity index (χ4v) is 4.92. The first-order valence-electron chi connectivity index (χ1n) is 13.6. The standard InChI is InChI=1S/C31H39ClN2O4/c1-3-4-5-6-7-8-9-10-11-14-22-34(31(32)37)27-18-15-16-24-23(27)20-21-25(29(24)35)30(36)33-26-17-12-13-19-28(26)38-2/h12-13,15-21,35H,3-11,14,22H2,1-2H3,(H,33,36). The summed E-state index contributed by atoms with van der Waals surface area (Å²) in [5, 5.41) is 14.4. The highest BCUT2D eigenvalue weighted by Gasteiger charge is 2.20. The molecule has 0 saturated carbocycles. The maximum absolute atomic E-state index is 13.0. The largest absolute Gasteiger partial charge is 0.506 e. The molecular weight excluding hydrogens is 500 g/mol. The number of unbranched alkanes of at least 4 members (excludes halogenated alkanes) is 9. The van der Waals surface area contributed by atoms with E-state index in [1.165, 1.54) is 52.1 Å². The first-order chi connectivity index (χ1) is 18.5. The lowest BCUT2D eigenvalue weighted by Crippen LogP contribution is -2.27. The van der Waals surface area contributed by atoms with Gasteiger partial charge in [-0.1, -0.05) is 95.0 Å². The molecular formula is C31H39ClN2O4. The Morgan fingerprint density at radius 2 is 1.50 bits per heavy atom. The molecule has 2 N–H and O–H groups in total. The molecule has 0 bridgehead atoms. The summed E-state index contributed by atoms with van der Waals surface area (Å²) in [7, 11) is 1.53. The molecule has 204 valence electrons. The number of nitrogens with one attached hydrogen (secondary N) is 1. The molecule has 0 saturated heterocycles. The van der Waals surface area contributed by atoms with Crippen LogP contribution < -0.4 is 15.0 Å². The average Bonchev–Trinajstić information content (AvgIpc) is 2.92. The number of phenolic OH excluding ortho intramolecular Hbond substituents is 1. The first-order valence-corrected chi connectivity index (χ1v) is 14.0.